The van der Waals surface area contributed by atoms with Gasteiger partial charge in [-0.25, -0.2) is 4.98 Å². The van der Waals surface area contributed by atoms with Gasteiger partial charge in [0, 0.05) is 6.04 Å². The fourth-order valence-electron chi connectivity index (χ4n) is 1.72. The molecule has 2 atom stereocenters. The Balaban J connectivity index is 2.63. The molecule has 0 saturated carbocycles. The minimum Gasteiger partial charge on any atom is -0.381 e. The molecule has 0 aliphatic rings. The Kier molecular flexibility index (Phi) is 6.28. The van der Waals surface area contributed by atoms with E-state index in [1.165, 1.54) is 12.8 Å². The van der Waals surface area contributed by atoms with Crippen molar-refractivity contribution in [2.45, 2.75) is 46.1 Å². The van der Waals surface area contributed by atoms with Crippen LogP contribution in [0.1, 0.15) is 40.0 Å². The third-order valence-electron chi connectivity index (χ3n) is 3.04. The van der Waals surface area contributed by atoms with E-state index in [2.05, 4.69) is 47.0 Å². The summed E-state index contributed by atoms with van der Waals surface area (Å²) < 4.78 is 0.836. The molecule has 0 aliphatic heterocycles. The van der Waals surface area contributed by atoms with Gasteiger partial charge in [-0.15, -0.1) is 0 Å². The highest BCUT2D eigenvalue weighted by molar-refractivity contribution is 9.10. The second-order valence-electron chi connectivity index (χ2n) is 4.50. The summed E-state index contributed by atoms with van der Waals surface area (Å²) in [6, 6.07) is 2.48. The molecule has 1 aromatic rings. The normalized spacial score (nSPS) is 14.4. The van der Waals surface area contributed by atoms with Gasteiger partial charge in [0.25, 0.3) is 0 Å². The quantitative estimate of drug-likeness (QED) is 0.736. The van der Waals surface area contributed by atoms with Crippen molar-refractivity contribution in [3.8, 4) is 0 Å². The van der Waals surface area contributed by atoms with Crippen LogP contribution in [-0.4, -0.2) is 11.0 Å². The summed E-state index contributed by atoms with van der Waals surface area (Å²) in [5.74, 6) is 0.746. The smallest absolute Gasteiger partial charge is 0.143 e. The maximum Gasteiger partial charge on any atom is 0.143 e. The molecular weight excluding hydrogens is 300 g/mol. The van der Waals surface area contributed by atoms with Crippen molar-refractivity contribution in [3.63, 3.8) is 0 Å². The van der Waals surface area contributed by atoms with Gasteiger partial charge in [-0.1, -0.05) is 38.8 Å². The molecule has 0 fully saturated rings. The molecule has 0 spiro atoms. The Morgan fingerprint density at radius 2 is 2.12 bits per heavy atom. The first-order chi connectivity index (χ1) is 8.06. The molecule has 0 bridgehead atoms. The van der Waals surface area contributed by atoms with Crippen molar-refractivity contribution in [2.75, 3.05) is 5.32 Å². The van der Waals surface area contributed by atoms with Crippen LogP contribution in [0.2, 0.25) is 5.15 Å². The number of rotatable bonds is 6. The summed E-state index contributed by atoms with van der Waals surface area (Å²) in [6.07, 6.45) is 5.31. The number of anilines is 1. The van der Waals surface area contributed by atoms with Gasteiger partial charge in [0.2, 0.25) is 0 Å². The number of nitrogens with one attached hydrogen (secondary N) is 1. The van der Waals surface area contributed by atoms with E-state index in [9.17, 15) is 0 Å². The average Bonchev–Trinajstić information content (AvgIpc) is 2.32. The van der Waals surface area contributed by atoms with Crippen molar-refractivity contribution in [3.05, 3.63) is 21.9 Å². The van der Waals surface area contributed by atoms with Crippen molar-refractivity contribution >= 4 is 33.2 Å². The molecule has 2 nitrogen and oxygen atoms in total. The Morgan fingerprint density at radius 1 is 1.41 bits per heavy atom. The fourth-order valence-corrected chi connectivity index (χ4v) is 2.17. The average molecular weight is 320 g/mol. The highest BCUT2D eigenvalue weighted by atomic mass is 79.9. The molecule has 1 rings (SSSR count). The highest BCUT2D eigenvalue weighted by Crippen LogP contribution is 2.24. The van der Waals surface area contributed by atoms with Crippen LogP contribution in [0.4, 0.5) is 5.69 Å². The molecule has 0 saturated heterocycles. The van der Waals surface area contributed by atoms with Gasteiger partial charge >= 0.3 is 0 Å². The molecule has 2 unspecified atom stereocenters. The first-order valence-corrected chi connectivity index (χ1v) is 7.31. The van der Waals surface area contributed by atoms with Crippen LogP contribution in [-0.2, 0) is 0 Å². The standard InChI is InChI=1S/C13H20BrClN2/c1-4-9(3)6-10(5-2)17-11-7-12(14)13(15)16-8-11/h7-10,17H,4-6H2,1-3H3. The van der Waals surface area contributed by atoms with Crippen LogP contribution >= 0.6 is 27.5 Å². The lowest BCUT2D eigenvalue weighted by molar-refractivity contribution is 0.461. The number of halogens is 2. The predicted octanol–water partition coefficient (Wildman–Crippen LogP) is 5.12. The predicted molar refractivity (Wildman–Crippen MR) is 78.7 cm³/mol. The third kappa shape index (κ3) is 4.84. The molecule has 1 aromatic heterocycles. The number of nitrogens with zero attached hydrogens (tertiary/aromatic N) is 1. The summed E-state index contributed by atoms with van der Waals surface area (Å²) in [5, 5.41) is 4.02. The van der Waals surface area contributed by atoms with Gasteiger partial charge in [-0.05, 0) is 40.8 Å². The lowest BCUT2D eigenvalue weighted by Gasteiger charge is -2.21. The second-order valence-corrected chi connectivity index (χ2v) is 5.71. The molecular formula is C13H20BrClN2. The van der Waals surface area contributed by atoms with Crippen molar-refractivity contribution in [1.29, 1.82) is 0 Å². The van der Waals surface area contributed by atoms with Crippen LogP contribution in [0.15, 0.2) is 16.7 Å². The van der Waals surface area contributed by atoms with Crippen LogP contribution in [0.5, 0.6) is 0 Å². The molecule has 1 N–H and O–H groups in total. The van der Waals surface area contributed by atoms with Gasteiger partial charge in [0.15, 0.2) is 0 Å². The van der Waals surface area contributed by atoms with E-state index in [0.717, 1.165) is 22.5 Å². The van der Waals surface area contributed by atoms with E-state index in [-0.39, 0.29) is 0 Å². The summed E-state index contributed by atoms with van der Waals surface area (Å²) >= 11 is 9.26. The fraction of sp³-hybridized carbons (Fsp3) is 0.615. The minimum atomic E-state index is 0.500. The Hall–Kier alpha value is -0.280. The summed E-state index contributed by atoms with van der Waals surface area (Å²) in [6.45, 7) is 6.73. The van der Waals surface area contributed by atoms with Crippen LogP contribution in [0.25, 0.3) is 0 Å². The number of aromatic nitrogens is 1. The van der Waals surface area contributed by atoms with Gasteiger partial charge in [0.1, 0.15) is 5.15 Å². The molecule has 0 aromatic carbocycles. The summed E-state index contributed by atoms with van der Waals surface area (Å²) in [4.78, 5) is 4.12. The summed E-state index contributed by atoms with van der Waals surface area (Å²) in [7, 11) is 0. The minimum absolute atomic E-state index is 0.500. The maximum atomic E-state index is 5.87. The molecule has 4 heteroatoms. The second kappa shape index (κ2) is 7.22. The van der Waals surface area contributed by atoms with Crippen molar-refractivity contribution < 1.29 is 0 Å². The van der Waals surface area contributed by atoms with Crippen LogP contribution in [0.3, 0.4) is 0 Å². The van der Waals surface area contributed by atoms with E-state index < -0.39 is 0 Å². The SMILES string of the molecule is CCC(C)CC(CC)Nc1cnc(Cl)c(Br)c1. The van der Waals surface area contributed by atoms with Crippen LogP contribution in [0, 0.1) is 5.92 Å². The molecule has 0 aliphatic carbocycles. The lowest BCUT2D eigenvalue weighted by Crippen LogP contribution is -2.21. The topological polar surface area (TPSA) is 24.9 Å². The first-order valence-electron chi connectivity index (χ1n) is 6.14. The van der Waals surface area contributed by atoms with E-state index >= 15 is 0 Å². The third-order valence-corrected chi connectivity index (χ3v) is 4.18. The largest absolute Gasteiger partial charge is 0.381 e. The zero-order valence-corrected chi connectivity index (χ0v) is 13.0. The van der Waals surface area contributed by atoms with Gasteiger partial charge in [-0.3, -0.25) is 0 Å². The van der Waals surface area contributed by atoms with Gasteiger partial charge in [-0.2, -0.15) is 0 Å². The number of hydrogen-bond donors (Lipinski definition) is 1. The summed E-state index contributed by atoms with van der Waals surface area (Å²) in [5.41, 5.74) is 1.02. The monoisotopic (exact) mass is 318 g/mol. The molecule has 1 heterocycles. The Labute approximate surface area is 117 Å². The number of hydrogen-bond acceptors (Lipinski definition) is 2. The van der Waals surface area contributed by atoms with Gasteiger partial charge < -0.3 is 5.32 Å². The first kappa shape index (κ1) is 14.8. The van der Waals surface area contributed by atoms with E-state index in [1.807, 2.05) is 6.07 Å². The van der Waals surface area contributed by atoms with Crippen molar-refractivity contribution in [1.82, 2.24) is 4.98 Å². The Bertz CT molecular complexity index is 357. The lowest BCUT2D eigenvalue weighted by atomic mass is 9.98. The molecule has 0 radical (unpaired) electrons. The molecule has 17 heavy (non-hydrogen) atoms. The van der Waals surface area contributed by atoms with E-state index in [1.54, 1.807) is 6.20 Å². The van der Waals surface area contributed by atoms with E-state index in [4.69, 9.17) is 11.6 Å². The van der Waals surface area contributed by atoms with Crippen LogP contribution < -0.4 is 5.32 Å². The zero-order valence-electron chi connectivity index (χ0n) is 10.6. The number of pyridine rings is 1. The highest BCUT2D eigenvalue weighted by Gasteiger charge is 2.11. The van der Waals surface area contributed by atoms with Gasteiger partial charge in [0.05, 0.1) is 16.4 Å². The molecule has 0 amide bonds. The molecule has 96 valence electrons. The maximum absolute atomic E-state index is 5.87. The Morgan fingerprint density at radius 3 is 2.65 bits per heavy atom. The van der Waals surface area contributed by atoms with Crippen molar-refractivity contribution in [2.24, 2.45) is 5.92 Å². The van der Waals surface area contributed by atoms with E-state index in [0.29, 0.717) is 11.2 Å². The zero-order chi connectivity index (χ0) is 12.8.